The van der Waals surface area contributed by atoms with Crippen LogP contribution in [0.4, 0.5) is 0 Å². The molecular weight excluding hydrogens is 360 g/mol. The Hall–Kier alpha value is -3.25. The molecule has 2 aromatic carbocycles. The van der Waals surface area contributed by atoms with Crippen molar-refractivity contribution in [3.63, 3.8) is 0 Å². The number of benzene rings is 2. The van der Waals surface area contributed by atoms with Gasteiger partial charge in [-0.15, -0.1) is 11.3 Å². The molecule has 0 saturated carbocycles. The van der Waals surface area contributed by atoms with Gasteiger partial charge in [-0.25, -0.2) is 9.78 Å². The molecule has 5 nitrogen and oxygen atoms in total. The number of aromatic nitrogens is 2. The lowest BCUT2D eigenvalue weighted by molar-refractivity contribution is 0.0697. The zero-order valence-corrected chi connectivity index (χ0v) is 15.4. The van der Waals surface area contributed by atoms with Crippen molar-refractivity contribution in [2.45, 2.75) is 13.5 Å². The molecule has 0 aliphatic carbocycles. The predicted octanol–water partition coefficient (Wildman–Crippen LogP) is 4.18. The number of aryl methyl sites for hydroxylation is 1. The van der Waals surface area contributed by atoms with Crippen molar-refractivity contribution in [1.29, 1.82) is 0 Å². The van der Waals surface area contributed by atoms with Crippen LogP contribution < -0.4 is 5.56 Å². The van der Waals surface area contributed by atoms with E-state index in [0.717, 1.165) is 21.5 Å². The van der Waals surface area contributed by atoms with Crippen molar-refractivity contribution < 1.29 is 9.90 Å². The van der Waals surface area contributed by atoms with Gasteiger partial charge in [-0.3, -0.25) is 9.36 Å². The van der Waals surface area contributed by atoms with Crippen molar-refractivity contribution in [3.05, 3.63) is 87.3 Å². The summed E-state index contributed by atoms with van der Waals surface area (Å²) in [5.74, 6) is -0.333. The van der Waals surface area contributed by atoms with E-state index in [0.29, 0.717) is 17.8 Å². The van der Waals surface area contributed by atoms with Crippen LogP contribution in [0.2, 0.25) is 0 Å². The molecule has 0 aliphatic rings. The van der Waals surface area contributed by atoms with E-state index in [2.05, 4.69) is 4.98 Å². The number of carbonyl (C=O) groups is 1. The van der Waals surface area contributed by atoms with Gasteiger partial charge in [0.25, 0.3) is 5.56 Å². The lowest BCUT2D eigenvalue weighted by Crippen LogP contribution is -2.24. The second-order valence-electron chi connectivity index (χ2n) is 6.25. The van der Waals surface area contributed by atoms with Gasteiger partial charge in [0.05, 0.1) is 17.5 Å². The minimum atomic E-state index is -0.969. The smallest absolute Gasteiger partial charge is 0.335 e. The molecular formula is C21H16N2O3S. The summed E-state index contributed by atoms with van der Waals surface area (Å²) < 4.78 is 1.64. The van der Waals surface area contributed by atoms with E-state index < -0.39 is 5.97 Å². The topological polar surface area (TPSA) is 72.2 Å². The van der Waals surface area contributed by atoms with Gasteiger partial charge < -0.3 is 5.11 Å². The maximum absolute atomic E-state index is 13.2. The van der Waals surface area contributed by atoms with Crippen molar-refractivity contribution >= 4 is 27.5 Å². The molecule has 0 unspecified atom stereocenters. The van der Waals surface area contributed by atoms with Crippen LogP contribution in [0.5, 0.6) is 0 Å². The largest absolute Gasteiger partial charge is 0.478 e. The molecule has 1 N–H and O–H groups in total. The first kappa shape index (κ1) is 17.2. The summed E-state index contributed by atoms with van der Waals surface area (Å²) >= 11 is 1.47. The summed E-state index contributed by atoms with van der Waals surface area (Å²) in [4.78, 5) is 29.6. The number of rotatable bonds is 4. The average molecular weight is 376 g/mol. The molecule has 0 aliphatic heterocycles. The highest BCUT2D eigenvalue weighted by Crippen LogP contribution is 2.30. The number of carboxylic acids is 1. The molecule has 0 fully saturated rings. The van der Waals surface area contributed by atoms with Crippen LogP contribution in [-0.2, 0) is 6.54 Å². The van der Waals surface area contributed by atoms with Gasteiger partial charge in [0.2, 0.25) is 0 Å². The van der Waals surface area contributed by atoms with Crippen LogP contribution in [0.3, 0.4) is 0 Å². The van der Waals surface area contributed by atoms with Crippen molar-refractivity contribution in [2.75, 3.05) is 0 Å². The highest BCUT2D eigenvalue weighted by molar-refractivity contribution is 7.17. The fraction of sp³-hybridized carbons (Fsp3) is 0.0952. The number of carboxylic acid groups (broad SMARTS) is 1. The minimum absolute atomic E-state index is 0.0834. The average Bonchev–Trinajstić information content (AvgIpc) is 3.10. The Balaban J connectivity index is 1.81. The van der Waals surface area contributed by atoms with Crippen molar-refractivity contribution in [3.8, 4) is 11.1 Å². The van der Waals surface area contributed by atoms with Gasteiger partial charge in [-0.2, -0.15) is 0 Å². The van der Waals surface area contributed by atoms with Gasteiger partial charge in [-0.1, -0.05) is 42.5 Å². The van der Waals surface area contributed by atoms with Crippen LogP contribution >= 0.6 is 11.3 Å². The van der Waals surface area contributed by atoms with E-state index >= 15 is 0 Å². The van der Waals surface area contributed by atoms with Gasteiger partial charge >= 0.3 is 5.97 Å². The van der Waals surface area contributed by atoms with Crippen LogP contribution in [0.1, 0.15) is 21.7 Å². The van der Waals surface area contributed by atoms with Crippen molar-refractivity contribution in [2.24, 2.45) is 0 Å². The fourth-order valence-corrected chi connectivity index (χ4v) is 4.06. The van der Waals surface area contributed by atoms with E-state index in [-0.39, 0.29) is 11.1 Å². The second kappa shape index (κ2) is 6.81. The molecule has 2 heterocycles. The number of hydrogen-bond acceptors (Lipinski definition) is 4. The predicted molar refractivity (Wildman–Crippen MR) is 107 cm³/mol. The number of fused-ring (bicyclic) bond motifs is 1. The maximum Gasteiger partial charge on any atom is 0.335 e. The molecule has 0 spiro atoms. The Morgan fingerprint density at radius 1 is 1.11 bits per heavy atom. The summed E-state index contributed by atoms with van der Waals surface area (Å²) in [5, 5.41) is 11.6. The standard InChI is InChI=1S/C21H16N2O3S/c1-13-22-19-18(17(12-27-19)15-5-3-2-4-6-15)20(24)23(13)11-14-7-9-16(10-8-14)21(25)26/h2-10,12H,11H2,1H3,(H,25,26). The Morgan fingerprint density at radius 3 is 2.48 bits per heavy atom. The van der Waals surface area contributed by atoms with E-state index in [9.17, 15) is 9.59 Å². The van der Waals surface area contributed by atoms with E-state index in [1.165, 1.54) is 11.3 Å². The first-order chi connectivity index (χ1) is 13.0. The number of nitrogens with zero attached hydrogens (tertiary/aromatic N) is 2. The zero-order chi connectivity index (χ0) is 19.0. The Bertz CT molecular complexity index is 1190. The molecule has 0 bridgehead atoms. The third kappa shape index (κ3) is 3.15. The molecule has 0 amide bonds. The number of hydrogen-bond donors (Lipinski definition) is 1. The van der Waals surface area contributed by atoms with E-state index in [1.807, 2.05) is 42.6 Å². The lowest BCUT2D eigenvalue weighted by atomic mass is 10.1. The fourth-order valence-electron chi connectivity index (χ4n) is 3.08. The summed E-state index contributed by atoms with van der Waals surface area (Å²) in [6.07, 6.45) is 0. The van der Waals surface area contributed by atoms with Crippen LogP contribution in [0, 0.1) is 6.92 Å². The zero-order valence-electron chi connectivity index (χ0n) is 14.5. The van der Waals surface area contributed by atoms with Crippen LogP contribution in [-0.4, -0.2) is 20.6 Å². The summed E-state index contributed by atoms with van der Waals surface area (Å²) in [6, 6.07) is 16.3. The molecule has 0 radical (unpaired) electrons. The monoisotopic (exact) mass is 376 g/mol. The number of thiophene rings is 1. The Morgan fingerprint density at radius 2 is 1.81 bits per heavy atom. The highest BCUT2D eigenvalue weighted by atomic mass is 32.1. The molecule has 134 valence electrons. The molecule has 4 rings (SSSR count). The maximum atomic E-state index is 13.2. The molecule has 0 saturated heterocycles. The third-order valence-electron chi connectivity index (χ3n) is 4.51. The highest BCUT2D eigenvalue weighted by Gasteiger charge is 2.15. The van der Waals surface area contributed by atoms with Crippen LogP contribution in [0.15, 0.2) is 64.8 Å². The van der Waals surface area contributed by atoms with E-state index in [1.54, 1.807) is 28.8 Å². The first-order valence-electron chi connectivity index (χ1n) is 8.41. The van der Waals surface area contributed by atoms with Gasteiger partial charge in [0, 0.05) is 10.9 Å². The molecule has 4 aromatic rings. The second-order valence-corrected chi connectivity index (χ2v) is 7.11. The summed E-state index contributed by atoms with van der Waals surface area (Å²) in [5.41, 5.74) is 2.87. The van der Waals surface area contributed by atoms with Crippen molar-refractivity contribution in [1.82, 2.24) is 9.55 Å². The van der Waals surface area contributed by atoms with Gasteiger partial charge in [0.1, 0.15) is 10.7 Å². The molecule has 27 heavy (non-hydrogen) atoms. The SMILES string of the molecule is Cc1nc2scc(-c3ccccc3)c2c(=O)n1Cc1ccc(C(=O)O)cc1. The quantitative estimate of drug-likeness (QED) is 0.580. The van der Waals surface area contributed by atoms with Gasteiger partial charge in [-0.05, 0) is 30.2 Å². The third-order valence-corrected chi connectivity index (χ3v) is 5.38. The summed E-state index contributed by atoms with van der Waals surface area (Å²) in [6.45, 7) is 2.16. The Kier molecular flexibility index (Phi) is 4.33. The number of aromatic carboxylic acids is 1. The van der Waals surface area contributed by atoms with Gasteiger partial charge in [0.15, 0.2) is 0 Å². The Labute approximate surface area is 159 Å². The first-order valence-corrected chi connectivity index (χ1v) is 9.29. The van der Waals surface area contributed by atoms with E-state index in [4.69, 9.17) is 5.11 Å². The molecule has 6 heteroatoms. The minimum Gasteiger partial charge on any atom is -0.478 e. The molecule has 2 aromatic heterocycles. The lowest BCUT2D eigenvalue weighted by Gasteiger charge is -2.10. The summed E-state index contributed by atoms with van der Waals surface area (Å²) in [7, 11) is 0. The normalized spacial score (nSPS) is 11.0. The molecule has 0 atom stereocenters. The van der Waals surface area contributed by atoms with Crippen LogP contribution in [0.25, 0.3) is 21.3 Å².